The summed E-state index contributed by atoms with van der Waals surface area (Å²) < 4.78 is 38.1. The van der Waals surface area contributed by atoms with Gasteiger partial charge in [-0.05, 0) is 69.2 Å². The topological polar surface area (TPSA) is 126 Å². The highest BCUT2D eigenvalue weighted by Crippen LogP contribution is 2.38. The molecule has 1 atom stereocenters. The van der Waals surface area contributed by atoms with Gasteiger partial charge in [-0.3, -0.25) is 10.2 Å². The van der Waals surface area contributed by atoms with Crippen molar-refractivity contribution in [3.8, 4) is 11.5 Å². The summed E-state index contributed by atoms with van der Waals surface area (Å²) in [5.74, 6) is -2.36. The van der Waals surface area contributed by atoms with E-state index in [9.17, 15) is 28.2 Å². The Bertz CT molecular complexity index is 926. The van der Waals surface area contributed by atoms with Gasteiger partial charge < -0.3 is 31.1 Å². The van der Waals surface area contributed by atoms with Gasteiger partial charge in [0.25, 0.3) is 5.91 Å². The fraction of sp³-hybridized carbons (Fsp3) is 0.680. The molecule has 1 aliphatic heterocycles. The highest BCUT2D eigenvalue weighted by molar-refractivity contribution is 6.36. The summed E-state index contributed by atoms with van der Waals surface area (Å²) in [4.78, 5) is 16.4. The van der Waals surface area contributed by atoms with Crippen molar-refractivity contribution >= 4 is 11.7 Å². The molecule has 2 aliphatic rings. The third kappa shape index (κ3) is 6.82. The molecule has 1 saturated heterocycles. The number of piperidine rings is 1. The van der Waals surface area contributed by atoms with Gasteiger partial charge in [-0.1, -0.05) is 20.3 Å². The molecule has 0 bridgehead atoms. The smallest absolute Gasteiger partial charge is 0.405 e. The van der Waals surface area contributed by atoms with Crippen LogP contribution in [0.4, 0.5) is 13.2 Å². The lowest BCUT2D eigenvalue weighted by Crippen LogP contribution is -2.54. The number of phenols is 2. The molecule has 0 radical (unpaired) electrons. The highest BCUT2D eigenvalue weighted by Gasteiger charge is 2.37. The monoisotopic (exact) mass is 513 g/mol. The molecule has 0 aromatic heterocycles. The molecule has 202 valence electrons. The number of rotatable bonds is 6. The zero-order valence-corrected chi connectivity index (χ0v) is 20.9. The number of aromatic hydroxyl groups is 2. The van der Waals surface area contributed by atoms with Gasteiger partial charge in [0.2, 0.25) is 0 Å². The van der Waals surface area contributed by atoms with Gasteiger partial charge in [0, 0.05) is 23.7 Å². The van der Waals surface area contributed by atoms with Crippen LogP contribution in [0.3, 0.4) is 0 Å². The molecule has 8 nitrogen and oxygen atoms in total. The Kier molecular flexibility index (Phi) is 9.10. The summed E-state index contributed by atoms with van der Waals surface area (Å²) in [5, 5.41) is 31.0. The Hall–Kier alpha value is -2.53. The van der Waals surface area contributed by atoms with E-state index in [1.54, 1.807) is 5.32 Å². The summed E-state index contributed by atoms with van der Waals surface area (Å²) in [6.07, 6.45) is 0.652. The van der Waals surface area contributed by atoms with Crippen molar-refractivity contribution in [2.75, 3.05) is 19.6 Å². The van der Waals surface area contributed by atoms with Crippen molar-refractivity contribution in [2.45, 2.75) is 89.1 Å². The molecule has 11 heteroatoms. The molecule has 1 heterocycles. The second-order valence-electron chi connectivity index (χ2n) is 10.2. The van der Waals surface area contributed by atoms with Crippen molar-refractivity contribution in [3.63, 3.8) is 0 Å². The normalized spacial score (nSPS) is 22.3. The number of amides is 1. The van der Waals surface area contributed by atoms with Crippen LogP contribution in [0.15, 0.2) is 12.1 Å². The largest absolute Gasteiger partial charge is 0.508 e. The quantitative estimate of drug-likeness (QED) is 0.223. The Morgan fingerprint density at radius 2 is 1.69 bits per heavy atom. The Morgan fingerprint density at radius 3 is 2.25 bits per heavy atom. The van der Waals surface area contributed by atoms with E-state index in [1.807, 2.05) is 13.8 Å². The lowest BCUT2D eigenvalue weighted by Gasteiger charge is -2.44. The molecule has 1 aromatic rings. The molecule has 1 saturated carbocycles. The van der Waals surface area contributed by atoms with Crippen molar-refractivity contribution in [1.82, 2.24) is 15.1 Å². The van der Waals surface area contributed by atoms with E-state index < -0.39 is 30.6 Å². The minimum absolute atomic E-state index is 0.0977. The van der Waals surface area contributed by atoms with Gasteiger partial charge >= 0.3 is 6.18 Å². The maximum absolute atomic E-state index is 12.7. The van der Waals surface area contributed by atoms with Crippen LogP contribution in [0.25, 0.3) is 0 Å². The van der Waals surface area contributed by atoms with Crippen molar-refractivity contribution in [3.05, 3.63) is 23.3 Å². The molecule has 2 fully saturated rings. The minimum atomic E-state index is -4.61. The molecule has 1 aromatic carbocycles. The van der Waals surface area contributed by atoms with E-state index in [4.69, 9.17) is 11.1 Å². The molecular formula is C25H38F3N5O3. The van der Waals surface area contributed by atoms with E-state index in [-0.39, 0.29) is 29.0 Å². The number of halogens is 3. The molecular weight excluding hydrogens is 475 g/mol. The zero-order valence-electron chi connectivity index (χ0n) is 20.9. The number of carbonyl (C=O) groups excluding carboxylic acids is 1. The van der Waals surface area contributed by atoms with Gasteiger partial charge in [-0.25, -0.2) is 0 Å². The molecule has 1 amide bonds. The van der Waals surface area contributed by atoms with Crippen molar-refractivity contribution in [2.24, 2.45) is 5.73 Å². The van der Waals surface area contributed by atoms with E-state index in [0.29, 0.717) is 24.4 Å². The first-order valence-corrected chi connectivity index (χ1v) is 12.7. The number of benzene rings is 1. The summed E-state index contributed by atoms with van der Waals surface area (Å²) in [6.45, 7) is 4.25. The predicted octanol–water partition coefficient (Wildman–Crippen LogP) is 3.93. The van der Waals surface area contributed by atoms with Crippen molar-refractivity contribution in [1.29, 1.82) is 5.41 Å². The Balaban J connectivity index is 1.86. The second kappa shape index (κ2) is 11.7. The van der Waals surface area contributed by atoms with Crippen LogP contribution < -0.4 is 11.1 Å². The first-order valence-electron chi connectivity index (χ1n) is 12.7. The van der Waals surface area contributed by atoms with Crippen LogP contribution in [0.5, 0.6) is 11.5 Å². The highest BCUT2D eigenvalue weighted by atomic mass is 19.4. The van der Waals surface area contributed by atoms with Crippen LogP contribution in [0.2, 0.25) is 0 Å². The number of nitrogens with two attached hydrogens (primary N) is 1. The molecule has 3 rings (SSSR count). The number of hydrogen-bond donors (Lipinski definition) is 5. The first kappa shape index (κ1) is 28.0. The van der Waals surface area contributed by atoms with Crippen molar-refractivity contribution < 1.29 is 28.2 Å². The van der Waals surface area contributed by atoms with Gasteiger partial charge in [-0.15, -0.1) is 0 Å². The third-order valence-electron chi connectivity index (χ3n) is 7.31. The summed E-state index contributed by atoms with van der Waals surface area (Å²) in [7, 11) is 0. The molecule has 1 unspecified atom stereocenters. The van der Waals surface area contributed by atoms with E-state index in [0.717, 1.165) is 25.9 Å². The van der Waals surface area contributed by atoms with Gasteiger partial charge in [-0.2, -0.15) is 13.2 Å². The number of alkyl halides is 3. The minimum Gasteiger partial charge on any atom is -0.508 e. The van der Waals surface area contributed by atoms with Crippen LogP contribution in [-0.4, -0.2) is 69.6 Å². The van der Waals surface area contributed by atoms with Crippen LogP contribution in [0.1, 0.15) is 82.0 Å². The SMILES string of the molecule is CC(C)c1cc(C(N)N(C(=N)C(=O)NCC(F)(F)F)C2CCC(N3CCCCC3)CC2)c(O)cc1O. The maximum Gasteiger partial charge on any atom is 0.405 e. The lowest BCUT2D eigenvalue weighted by atomic mass is 9.87. The third-order valence-corrected chi connectivity index (χ3v) is 7.31. The summed E-state index contributed by atoms with van der Waals surface area (Å²) in [6, 6.07) is 2.74. The average molecular weight is 514 g/mol. The number of hydrogen-bond acceptors (Lipinski definition) is 6. The molecule has 36 heavy (non-hydrogen) atoms. The number of carbonyl (C=O) groups is 1. The number of likely N-dealkylation sites (tertiary alicyclic amines) is 1. The number of phenolic OH excluding ortho intramolecular Hbond substituents is 2. The number of nitrogens with zero attached hydrogens (tertiary/aromatic N) is 2. The van der Waals surface area contributed by atoms with Crippen LogP contribution in [-0.2, 0) is 4.79 Å². The van der Waals surface area contributed by atoms with E-state index in [1.165, 1.54) is 36.3 Å². The summed E-state index contributed by atoms with van der Waals surface area (Å²) >= 11 is 0. The molecule has 1 aliphatic carbocycles. The number of nitrogens with one attached hydrogen (secondary N) is 2. The number of amidine groups is 1. The maximum atomic E-state index is 12.7. The predicted molar refractivity (Wildman–Crippen MR) is 131 cm³/mol. The Morgan fingerprint density at radius 1 is 1.11 bits per heavy atom. The van der Waals surface area contributed by atoms with E-state index in [2.05, 4.69) is 4.90 Å². The molecule has 6 N–H and O–H groups in total. The van der Waals surface area contributed by atoms with E-state index >= 15 is 0 Å². The fourth-order valence-corrected chi connectivity index (χ4v) is 5.38. The van der Waals surface area contributed by atoms with Gasteiger partial charge in [0.1, 0.15) is 24.2 Å². The van der Waals surface area contributed by atoms with Gasteiger partial charge in [0.05, 0.1) is 0 Å². The average Bonchev–Trinajstić information content (AvgIpc) is 2.82. The molecule has 0 spiro atoms. The van der Waals surface area contributed by atoms with Gasteiger partial charge in [0.15, 0.2) is 5.84 Å². The van der Waals surface area contributed by atoms with Crippen LogP contribution >= 0.6 is 0 Å². The standard InChI is InChI=1S/C25H38F3N5O3/c1-15(2)18-12-19(21(35)13-20(18)34)22(29)33(23(30)24(36)31-14-25(26,27)28)17-8-6-16(7-9-17)32-10-4-3-5-11-32/h12-13,15-17,22,30,34-35H,3-11,14,29H2,1-2H3,(H,31,36). The zero-order chi connectivity index (χ0) is 26.6. The van der Waals surface area contributed by atoms with Crippen LogP contribution in [0, 0.1) is 5.41 Å². The lowest BCUT2D eigenvalue weighted by molar-refractivity contribution is -0.135. The Labute approximate surface area is 210 Å². The second-order valence-corrected chi connectivity index (χ2v) is 10.2. The summed E-state index contributed by atoms with van der Waals surface area (Å²) in [5.41, 5.74) is 7.24. The first-order chi connectivity index (χ1) is 16.9. The fourth-order valence-electron chi connectivity index (χ4n) is 5.38.